The number of fused-ring (bicyclic) bond motifs is 1. The quantitative estimate of drug-likeness (QED) is 0.465. The topological polar surface area (TPSA) is 75.4 Å². The summed E-state index contributed by atoms with van der Waals surface area (Å²) in [6.07, 6.45) is 3.28. The number of Topliss-reactive ketones (excluding diaryl/α,β-unsaturated/α-hetero) is 1. The predicted molar refractivity (Wildman–Crippen MR) is 92.2 cm³/mol. The Bertz CT molecular complexity index is 1040. The molecule has 0 spiro atoms. The largest absolute Gasteiger partial charge is 0.432 e. The lowest BCUT2D eigenvalue weighted by molar-refractivity contribution is 0.0956. The molecule has 6 nitrogen and oxygen atoms in total. The molecule has 0 atom stereocenters. The number of hydrogen-bond acceptors (Lipinski definition) is 6. The minimum absolute atomic E-state index is 0.0127. The number of nitrogens with zero attached hydrogens (tertiary/aromatic N) is 2. The number of ketones is 2. The van der Waals surface area contributed by atoms with E-state index in [2.05, 4.69) is 15.2 Å². The van der Waals surface area contributed by atoms with E-state index in [9.17, 15) is 27.2 Å². The molecule has 29 heavy (non-hydrogen) atoms. The van der Waals surface area contributed by atoms with Crippen LogP contribution in [0.15, 0.2) is 22.3 Å². The van der Waals surface area contributed by atoms with Crippen LogP contribution in [0, 0.1) is 23.3 Å². The van der Waals surface area contributed by atoms with E-state index in [0.717, 1.165) is 32.0 Å². The van der Waals surface area contributed by atoms with Gasteiger partial charge in [0.1, 0.15) is 0 Å². The molecule has 1 fully saturated rings. The fraction of sp³-hybridized carbons (Fsp3) is 0.316. The summed E-state index contributed by atoms with van der Waals surface area (Å²) in [4.78, 5) is 30.7. The van der Waals surface area contributed by atoms with Gasteiger partial charge in [0.2, 0.25) is 23.2 Å². The van der Waals surface area contributed by atoms with Crippen LogP contribution in [0.25, 0.3) is 11.5 Å². The van der Waals surface area contributed by atoms with E-state index in [0.29, 0.717) is 19.2 Å². The average Bonchev–Trinajstić information content (AvgIpc) is 3.37. The van der Waals surface area contributed by atoms with Crippen LogP contribution in [0.4, 0.5) is 17.6 Å². The standard InChI is InChI=1S/C19H15F4N3O3/c20-10-7-9(13(21)15(23)14(10)22)19-25-16-12(27)8-11(17(28)18(16)29-19)24-3-6-26-4-1-2-5-26/h7-8,24H,1-6H2. The fourth-order valence-electron chi connectivity index (χ4n) is 3.36. The molecule has 1 aromatic heterocycles. The summed E-state index contributed by atoms with van der Waals surface area (Å²) in [5.41, 5.74) is -1.25. The van der Waals surface area contributed by atoms with Crippen molar-refractivity contribution in [3.05, 3.63) is 52.6 Å². The third-order valence-corrected chi connectivity index (χ3v) is 4.86. The molecule has 4 rings (SSSR count). The molecule has 2 aliphatic rings. The number of aromatic nitrogens is 1. The van der Waals surface area contributed by atoms with Crippen molar-refractivity contribution >= 4 is 11.6 Å². The highest BCUT2D eigenvalue weighted by Gasteiger charge is 2.33. The number of benzene rings is 1. The Morgan fingerprint density at radius 3 is 2.52 bits per heavy atom. The molecule has 2 heterocycles. The SMILES string of the molecule is O=C1C=C(NCCN2CCCC2)C(=O)c2oc(-c3cc(F)c(F)c(F)c3F)nc21. The van der Waals surface area contributed by atoms with Crippen LogP contribution in [0.5, 0.6) is 0 Å². The van der Waals surface area contributed by atoms with Crippen LogP contribution in [-0.2, 0) is 0 Å². The molecule has 152 valence electrons. The molecular weight excluding hydrogens is 394 g/mol. The van der Waals surface area contributed by atoms with E-state index < -0.39 is 57.7 Å². The van der Waals surface area contributed by atoms with Gasteiger partial charge in [-0.25, -0.2) is 22.5 Å². The third kappa shape index (κ3) is 3.44. The van der Waals surface area contributed by atoms with Gasteiger partial charge in [0.15, 0.2) is 29.0 Å². The van der Waals surface area contributed by atoms with Crippen LogP contribution in [0.1, 0.15) is 33.9 Å². The summed E-state index contributed by atoms with van der Waals surface area (Å²) in [5, 5.41) is 2.87. The van der Waals surface area contributed by atoms with Crippen molar-refractivity contribution in [2.45, 2.75) is 12.8 Å². The molecule has 0 unspecified atom stereocenters. The maximum absolute atomic E-state index is 14.0. The van der Waals surface area contributed by atoms with E-state index in [-0.39, 0.29) is 5.70 Å². The number of allylic oxidation sites excluding steroid dienone is 2. The molecule has 1 aromatic carbocycles. The molecule has 2 aromatic rings. The maximum Gasteiger partial charge on any atom is 0.246 e. The highest BCUT2D eigenvalue weighted by molar-refractivity contribution is 6.22. The van der Waals surface area contributed by atoms with Gasteiger partial charge in [0, 0.05) is 19.2 Å². The van der Waals surface area contributed by atoms with Crippen molar-refractivity contribution in [1.82, 2.24) is 15.2 Å². The molecule has 0 bridgehead atoms. The summed E-state index contributed by atoms with van der Waals surface area (Å²) < 4.78 is 59.2. The Morgan fingerprint density at radius 2 is 1.79 bits per heavy atom. The van der Waals surface area contributed by atoms with Crippen LogP contribution < -0.4 is 5.32 Å². The molecule has 1 N–H and O–H groups in total. The Labute approximate surface area is 162 Å². The van der Waals surface area contributed by atoms with E-state index in [1.807, 2.05) is 0 Å². The van der Waals surface area contributed by atoms with Crippen LogP contribution in [0.3, 0.4) is 0 Å². The van der Waals surface area contributed by atoms with E-state index in [4.69, 9.17) is 4.42 Å². The zero-order chi connectivity index (χ0) is 20.7. The highest BCUT2D eigenvalue weighted by atomic mass is 19.2. The van der Waals surface area contributed by atoms with E-state index in [1.165, 1.54) is 0 Å². The monoisotopic (exact) mass is 409 g/mol. The second kappa shape index (κ2) is 7.43. The molecule has 10 heteroatoms. The molecule has 0 amide bonds. The smallest absolute Gasteiger partial charge is 0.246 e. The molecule has 1 saturated heterocycles. The lowest BCUT2D eigenvalue weighted by Gasteiger charge is -2.17. The van der Waals surface area contributed by atoms with Crippen LogP contribution in [0.2, 0.25) is 0 Å². The van der Waals surface area contributed by atoms with Gasteiger partial charge in [-0.05, 0) is 32.0 Å². The van der Waals surface area contributed by atoms with Gasteiger partial charge in [-0.2, -0.15) is 0 Å². The first-order chi connectivity index (χ1) is 13.9. The van der Waals surface area contributed by atoms with Crippen molar-refractivity contribution in [2.24, 2.45) is 0 Å². The first kappa shape index (κ1) is 19.3. The van der Waals surface area contributed by atoms with Gasteiger partial charge in [-0.15, -0.1) is 0 Å². The van der Waals surface area contributed by atoms with Crippen molar-refractivity contribution in [1.29, 1.82) is 0 Å². The van der Waals surface area contributed by atoms with Gasteiger partial charge in [-0.1, -0.05) is 0 Å². The second-order valence-corrected chi connectivity index (χ2v) is 6.77. The Hall–Kier alpha value is -3.01. The Kier molecular flexibility index (Phi) is 4.95. The summed E-state index contributed by atoms with van der Waals surface area (Å²) in [6.45, 7) is 3.05. The molecule has 1 aliphatic carbocycles. The summed E-state index contributed by atoms with van der Waals surface area (Å²) in [6, 6.07) is 0.350. The van der Waals surface area contributed by atoms with Crippen molar-refractivity contribution in [2.75, 3.05) is 26.2 Å². The number of hydrogen-bond donors (Lipinski definition) is 1. The predicted octanol–water partition coefficient (Wildman–Crippen LogP) is 2.85. The molecular formula is C19H15F4N3O3. The summed E-state index contributed by atoms with van der Waals surface area (Å²) in [5.74, 6) is -9.96. The normalized spacial score (nSPS) is 16.9. The lowest BCUT2D eigenvalue weighted by Crippen LogP contribution is -2.33. The average molecular weight is 409 g/mol. The number of carbonyl (C=O) groups excluding carboxylic acids is 2. The van der Waals surface area contributed by atoms with Crippen molar-refractivity contribution in [3.63, 3.8) is 0 Å². The minimum atomic E-state index is -2.05. The molecule has 0 radical (unpaired) electrons. The third-order valence-electron chi connectivity index (χ3n) is 4.86. The number of likely N-dealkylation sites (tertiary alicyclic amines) is 1. The van der Waals surface area contributed by atoms with E-state index >= 15 is 0 Å². The highest BCUT2D eigenvalue weighted by Crippen LogP contribution is 2.31. The zero-order valence-corrected chi connectivity index (χ0v) is 15.0. The maximum atomic E-state index is 14.0. The van der Waals surface area contributed by atoms with E-state index in [1.54, 1.807) is 0 Å². The minimum Gasteiger partial charge on any atom is -0.432 e. The van der Waals surface area contributed by atoms with Crippen molar-refractivity contribution in [3.8, 4) is 11.5 Å². The first-order valence-corrected chi connectivity index (χ1v) is 8.98. The Morgan fingerprint density at radius 1 is 1.07 bits per heavy atom. The molecule has 0 saturated carbocycles. The molecule has 1 aliphatic heterocycles. The van der Waals surface area contributed by atoms with Crippen LogP contribution >= 0.6 is 0 Å². The number of halogens is 4. The van der Waals surface area contributed by atoms with Gasteiger partial charge < -0.3 is 14.6 Å². The van der Waals surface area contributed by atoms with Gasteiger partial charge in [-0.3, -0.25) is 9.59 Å². The fourth-order valence-corrected chi connectivity index (χ4v) is 3.36. The van der Waals surface area contributed by atoms with Gasteiger partial charge >= 0.3 is 0 Å². The number of carbonyl (C=O) groups is 2. The Balaban J connectivity index is 1.58. The van der Waals surface area contributed by atoms with Crippen LogP contribution in [-0.4, -0.2) is 47.6 Å². The first-order valence-electron chi connectivity index (χ1n) is 8.98. The number of nitrogens with one attached hydrogen (secondary N) is 1. The summed E-state index contributed by atoms with van der Waals surface area (Å²) in [7, 11) is 0. The van der Waals surface area contributed by atoms with Gasteiger partial charge in [0.05, 0.1) is 11.3 Å². The zero-order valence-electron chi connectivity index (χ0n) is 15.0. The summed E-state index contributed by atoms with van der Waals surface area (Å²) >= 11 is 0. The second-order valence-electron chi connectivity index (χ2n) is 6.77. The van der Waals surface area contributed by atoms with Crippen molar-refractivity contribution < 1.29 is 31.6 Å². The van der Waals surface area contributed by atoms with Gasteiger partial charge in [0.25, 0.3) is 0 Å². The number of rotatable bonds is 5. The number of oxazole rings is 1. The lowest BCUT2D eigenvalue weighted by atomic mass is 10.0.